The van der Waals surface area contributed by atoms with Gasteiger partial charge in [-0.25, -0.2) is 0 Å². The standard InChI is InChI=1S/C26H27N3O3/c1-17-5-3-4-6-23(17)24(14-25(28-32)20-11-12-27-18(2)13-20)19-7-9-22(10-8-19)29-15-21(16-29)26(30)31/h3-13,21,24-25H,14-16H2,1-2H3,(H,30,31)/t24-,25?/m1/s1. The molecule has 1 unspecified atom stereocenters. The van der Waals surface area contributed by atoms with Crippen molar-refractivity contribution in [3.8, 4) is 0 Å². The van der Waals surface area contributed by atoms with Crippen molar-refractivity contribution in [3.63, 3.8) is 0 Å². The van der Waals surface area contributed by atoms with Crippen molar-refractivity contribution >= 4 is 11.7 Å². The number of benzene rings is 2. The fraction of sp³-hybridized carbons (Fsp3) is 0.308. The van der Waals surface area contributed by atoms with E-state index >= 15 is 0 Å². The number of carbonyl (C=O) groups is 1. The van der Waals surface area contributed by atoms with Gasteiger partial charge in [0.05, 0.1) is 5.92 Å². The van der Waals surface area contributed by atoms with Gasteiger partial charge in [0.15, 0.2) is 0 Å². The molecule has 1 saturated heterocycles. The SMILES string of the molecule is Cc1cc(C(C[C@H](c2ccc(N3CC(C(=O)O)C3)cc2)c2ccccc2C)N=O)ccn1. The second kappa shape index (κ2) is 9.30. The van der Waals surface area contributed by atoms with Gasteiger partial charge in [-0.2, -0.15) is 4.91 Å². The number of hydrogen-bond acceptors (Lipinski definition) is 5. The normalized spacial score (nSPS) is 15.6. The first kappa shape index (κ1) is 21.7. The highest BCUT2D eigenvalue weighted by molar-refractivity contribution is 5.74. The molecule has 2 atom stereocenters. The second-order valence-corrected chi connectivity index (χ2v) is 8.53. The van der Waals surface area contributed by atoms with Crippen LogP contribution < -0.4 is 4.90 Å². The maximum absolute atomic E-state index is 11.9. The molecule has 1 N–H and O–H groups in total. The van der Waals surface area contributed by atoms with Gasteiger partial charge >= 0.3 is 5.97 Å². The van der Waals surface area contributed by atoms with E-state index in [0.29, 0.717) is 19.5 Å². The van der Waals surface area contributed by atoms with Gasteiger partial charge in [0.2, 0.25) is 0 Å². The Morgan fingerprint density at radius 2 is 1.81 bits per heavy atom. The number of aromatic nitrogens is 1. The number of carboxylic acids is 1. The molecule has 0 saturated carbocycles. The lowest BCUT2D eigenvalue weighted by molar-refractivity contribution is -0.142. The predicted molar refractivity (Wildman–Crippen MR) is 125 cm³/mol. The van der Waals surface area contributed by atoms with Gasteiger partial charge in [0.1, 0.15) is 6.04 Å². The van der Waals surface area contributed by atoms with Crippen molar-refractivity contribution < 1.29 is 9.90 Å². The first-order chi connectivity index (χ1) is 15.5. The van der Waals surface area contributed by atoms with Crippen LogP contribution in [0.1, 0.15) is 46.3 Å². The molecule has 2 aromatic carbocycles. The number of hydrogen-bond donors (Lipinski definition) is 1. The van der Waals surface area contributed by atoms with E-state index in [1.807, 2.05) is 43.3 Å². The predicted octanol–water partition coefficient (Wildman–Crippen LogP) is 5.25. The maximum Gasteiger partial charge on any atom is 0.310 e. The minimum absolute atomic E-state index is 0.00424. The maximum atomic E-state index is 11.9. The van der Waals surface area contributed by atoms with Crippen LogP contribution in [0, 0.1) is 24.7 Å². The molecule has 0 radical (unpaired) electrons. The number of nitroso groups, excluding NO2 is 1. The summed E-state index contributed by atoms with van der Waals surface area (Å²) in [6.45, 7) is 5.07. The molecule has 1 aromatic heterocycles. The monoisotopic (exact) mass is 429 g/mol. The lowest BCUT2D eigenvalue weighted by atomic mass is 9.82. The fourth-order valence-electron chi connectivity index (χ4n) is 4.42. The summed E-state index contributed by atoms with van der Waals surface area (Å²) >= 11 is 0. The van der Waals surface area contributed by atoms with E-state index in [1.54, 1.807) is 6.20 Å². The van der Waals surface area contributed by atoms with Gasteiger partial charge in [0.25, 0.3) is 0 Å². The van der Waals surface area contributed by atoms with Gasteiger partial charge in [-0.1, -0.05) is 41.6 Å². The van der Waals surface area contributed by atoms with Crippen LogP contribution in [-0.2, 0) is 4.79 Å². The molecule has 0 aliphatic carbocycles. The van der Waals surface area contributed by atoms with Crippen LogP contribution in [0.5, 0.6) is 0 Å². The smallest absolute Gasteiger partial charge is 0.310 e. The highest BCUT2D eigenvalue weighted by Crippen LogP contribution is 2.38. The molecule has 164 valence electrons. The largest absolute Gasteiger partial charge is 0.481 e. The third-order valence-electron chi connectivity index (χ3n) is 6.35. The van der Waals surface area contributed by atoms with Gasteiger partial charge in [0, 0.05) is 36.6 Å². The summed E-state index contributed by atoms with van der Waals surface area (Å²) in [7, 11) is 0. The van der Waals surface area contributed by atoms with E-state index in [1.165, 1.54) is 11.1 Å². The van der Waals surface area contributed by atoms with Crippen LogP contribution in [0.3, 0.4) is 0 Å². The highest BCUT2D eigenvalue weighted by Gasteiger charge is 2.32. The number of aryl methyl sites for hydroxylation is 2. The zero-order valence-corrected chi connectivity index (χ0v) is 18.3. The molecule has 32 heavy (non-hydrogen) atoms. The van der Waals surface area contributed by atoms with Crippen molar-refractivity contribution in [3.05, 3.63) is 99.7 Å². The Labute approximate surface area is 187 Å². The van der Waals surface area contributed by atoms with Gasteiger partial charge < -0.3 is 10.0 Å². The summed E-state index contributed by atoms with van der Waals surface area (Å²) < 4.78 is 0. The molecule has 1 aliphatic heterocycles. The van der Waals surface area contributed by atoms with Crippen molar-refractivity contribution in [1.82, 2.24) is 4.98 Å². The summed E-state index contributed by atoms with van der Waals surface area (Å²) in [5.41, 5.74) is 6.21. The fourth-order valence-corrected chi connectivity index (χ4v) is 4.42. The Morgan fingerprint density at radius 1 is 1.09 bits per heavy atom. The van der Waals surface area contributed by atoms with Crippen molar-refractivity contribution in [2.45, 2.75) is 32.2 Å². The minimum atomic E-state index is -0.740. The van der Waals surface area contributed by atoms with E-state index in [2.05, 4.69) is 46.2 Å². The zero-order chi connectivity index (χ0) is 22.7. The third kappa shape index (κ3) is 4.54. The molecule has 1 fully saturated rings. The van der Waals surface area contributed by atoms with Gasteiger partial charge in [-0.3, -0.25) is 9.78 Å². The van der Waals surface area contributed by atoms with Crippen molar-refractivity contribution in [1.29, 1.82) is 0 Å². The van der Waals surface area contributed by atoms with Crippen LogP contribution >= 0.6 is 0 Å². The van der Waals surface area contributed by atoms with E-state index in [-0.39, 0.29) is 11.8 Å². The number of nitrogens with zero attached hydrogens (tertiary/aromatic N) is 3. The summed E-state index contributed by atoms with van der Waals surface area (Å²) in [5.74, 6) is -1.03. The lowest BCUT2D eigenvalue weighted by Gasteiger charge is -2.38. The number of rotatable bonds is 8. The summed E-state index contributed by atoms with van der Waals surface area (Å²) in [4.78, 5) is 29.3. The molecule has 0 amide bonds. The average molecular weight is 430 g/mol. The molecule has 3 aromatic rings. The molecular weight excluding hydrogens is 402 g/mol. The molecule has 6 nitrogen and oxygen atoms in total. The van der Waals surface area contributed by atoms with Crippen molar-refractivity contribution in [2.75, 3.05) is 18.0 Å². The van der Waals surface area contributed by atoms with Gasteiger partial charge in [-0.15, -0.1) is 0 Å². The minimum Gasteiger partial charge on any atom is -0.481 e. The Balaban J connectivity index is 1.62. The van der Waals surface area contributed by atoms with Crippen LogP contribution in [0.2, 0.25) is 0 Å². The number of carboxylic acid groups (broad SMARTS) is 1. The highest BCUT2D eigenvalue weighted by atomic mass is 16.4. The molecule has 0 spiro atoms. The zero-order valence-electron chi connectivity index (χ0n) is 18.3. The quantitative estimate of drug-likeness (QED) is 0.495. The Morgan fingerprint density at radius 3 is 2.44 bits per heavy atom. The van der Waals surface area contributed by atoms with E-state index in [0.717, 1.165) is 22.5 Å². The van der Waals surface area contributed by atoms with Gasteiger partial charge in [-0.05, 0) is 66.8 Å². The Kier molecular flexibility index (Phi) is 6.30. The first-order valence-electron chi connectivity index (χ1n) is 10.8. The molecule has 4 rings (SSSR count). The lowest BCUT2D eigenvalue weighted by Crippen LogP contribution is -2.50. The van der Waals surface area contributed by atoms with Crippen LogP contribution in [0.15, 0.2) is 72.0 Å². The van der Waals surface area contributed by atoms with Crippen LogP contribution in [-0.4, -0.2) is 29.1 Å². The van der Waals surface area contributed by atoms with E-state index < -0.39 is 12.0 Å². The molecular formula is C26H27N3O3. The average Bonchev–Trinajstić information content (AvgIpc) is 2.75. The topological polar surface area (TPSA) is 82.9 Å². The molecule has 0 bridgehead atoms. The number of pyridine rings is 1. The van der Waals surface area contributed by atoms with E-state index in [4.69, 9.17) is 5.11 Å². The first-order valence-corrected chi connectivity index (χ1v) is 10.8. The Hall–Kier alpha value is -3.54. The summed E-state index contributed by atoms with van der Waals surface area (Å²) in [5, 5.41) is 12.6. The summed E-state index contributed by atoms with van der Waals surface area (Å²) in [6, 6.07) is 19.8. The third-order valence-corrected chi connectivity index (χ3v) is 6.35. The molecule has 6 heteroatoms. The van der Waals surface area contributed by atoms with Crippen molar-refractivity contribution in [2.24, 2.45) is 11.1 Å². The summed E-state index contributed by atoms with van der Waals surface area (Å²) in [6.07, 6.45) is 2.28. The van der Waals surface area contributed by atoms with Crippen LogP contribution in [0.25, 0.3) is 0 Å². The van der Waals surface area contributed by atoms with E-state index in [9.17, 15) is 9.70 Å². The Bertz CT molecular complexity index is 1110. The number of aliphatic carboxylic acids is 1. The molecule has 1 aliphatic rings. The van der Waals surface area contributed by atoms with Crippen LogP contribution in [0.4, 0.5) is 5.69 Å². The molecule has 2 heterocycles. The number of anilines is 1. The second-order valence-electron chi connectivity index (χ2n) is 8.53.